The Hall–Kier alpha value is -1.77. The Balaban J connectivity index is 2.22. The highest BCUT2D eigenvalue weighted by atomic mass is 16.6. The maximum Gasteiger partial charge on any atom is 0.330 e. The zero-order chi connectivity index (χ0) is 13.3. The minimum atomic E-state index is -0.473. The van der Waals surface area contributed by atoms with Gasteiger partial charge in [0.1, 0.15) is 11.6 Å². The van der Waals surface area contributed by atoms with Crippen molar-refractivity contribution in [1.29, 1.82) is 0 Å². The topological polar surface area (TPSA) is 38.3 Å². The Bertz CT molecular complexity index is 474. The summed E-state index contributed by atoms with van der Waals surface area (Å²) in [7, 11) is 0. The van der Waals surface area contributed by atoms with Crippen molar-refractivity contribution in [2.45, 2.75) is 38.3 Å². The molecule has 1 aromatic carbocycles. The molecule has 1 aliphatic heterocycles. The minimum Gasteiger partial charge on any atom is -0.458 e. The first-order valence-electron chi connectivity index (χ1n) is 6.13. The molecule has 0 fully saturated rings. The van der Waals surface area contributed by atoms with Gasteiger partial charge >= 0.3 is 5.97 Å². The number of hydrogen-bond acceptors (Lipinski definition) is 3. The molecule has 18 heavy (non-hydrogen) atoms. The van der Waals surface area contributed by atoms with Crippen LogP contribution in [0.1, 0.15) is 32.3 Å². The highest BCUT2D eigenvalue weighted by molar-refractivity contribution is 5.85. The number of para-hydroxylation sites is 1. The van der Waals surface area contributed by atoms with E-state index >= 15 is 0 Å². The van der Waals surface area contributed by atoms with Crippen molar-refractivity contribution in [3.63, 3.8) is 0 Å². The summed E-state index contributed by atoms with van der Waals surface area (Å²) in [5, 5.41) is 3.21. The smallest absolute Gasteiger partial charge is 0.330 e. The highest BCUT2D eigenvalue weighted by Gasteiger charge is 2.37. The molecule has 1 heterocycles. The van der Waals surface area contributed by atoms with Crippen LogP contribution < -0.4 is 5.32 Å². The van der Waals surface area contributed by atoms with Gasteiger partial charge in [0.05, 0.1) is 0 Å². The molecule has 2 atom stereocenters. The van der Waals surface area contributed by atoms with Gasteiger partial charge in [0.15, 0.2) is 0 Å². The molecule has 3 heteroatoms. The summed E-state index contributed by atoms with van der Waals surface area (Å²) in [6, 6.07) is 7.52. The molecule has 2 unspecified atom stereocenters. The molecule has 2 rings (SSSR count). The van der Waals surface area contributed by atoms with Gasteiger partial charge in [-0.1, -0.05) is 24.3 Å². The number of benzene rings is 1. The summed E-state index contributed by atoms with van der Waals surface area (Å²) in [6.45, 7) is 9.44. The maximum atomic E-state index is 12.2. The molecule has 1 aromatic rings. The predicted octanol–water partition coefficient (Wildman–Crippen LogP) is 3.09. The van der Waals surface area contributed by atoms with Crippen LogP contribution in [0.5, 0.6) is 0 Å². The standard InChI is InChI=1S/C15H19NO2/c1-5-10-11-8-6-7-9-12(11)16-13(10)14(17)18-15(2,3)4/h5-10,13,16H,1H2,2-4H3. The van der Waals surface area contributed by atoms with Crippen molar-refractivity contribution in [3.8, 4) is 0 Å². The zero-order valence-electron chi connectivity index (χ0n) is 11.1. The lowest BCUT2D eigenvalue weighted by atomic mass is 9.95. The molecule has 96 valence electrons. The summed E-state index contributed by atoms with van der Waals surface area (Å²) in [5.74, 6) is -0.264. The summed E-state index contributed by atoms with van der Waals surface area (Å²) in [5.41, 5.74) is 1.61. The average Bonchev–Trinajstić information content (AvgIpc) is 2.65. The lowest BCUT2D eigenvalue weighted by molar-refractivity contribution is -0.155. The van der Waals surface area contributed by atoms with Crippen molar-refractivity contribution >= 4 is 11.7 Å². The van der Waals surface area contributed by atoms with Crippen molar-refractivity contribution in [2.24, 2.45) is 0 Å². The molecular weight excluding hydrogens is 226 g/mol. The van der Waals surface area contributed by atoms with Gasteiger partial charge in [-0.05, 0) is 32.4 Å². The van der Waals surface area contributed by atoms with Crippen molar-refractivity contribution in [3.05, 3.63) is 42.5 Å². The number of carbonyl (C=O) groups excluding carboxylic acids is 1. The molecule has 0 saturated carbocycles. The molecular formula is C15H19NO2. The van der Waals surface area contributed by atoms with Crippen LogP contribution in [0.15, 0.2) is 36.9 Å². The molecule has 0 bridgehead atoms. The Morgan fingerprint density at radius 3 is 2.67 bits per heavy atom. The quantitative estimate of drug-likeness (QED) is 0.642. The lowest BCUT2D eigenvalue weighted by Gasteiger charge is -2.24. The Labute approximate surface area is 108 Å². The van der Waals surface area contributed by atoms with Crippen LogP contribution in [0.2, 0.25) is 0 Å². The van der Waals surface area contributed by atoms with Crippen LogP contribution in [-0.2, 0) is 9.53 Å². The van der Waals surface area contributed by atoms with Crippen molar-refractivity contribution in [1.82, 2.24) is 0 Å². The summed E-state index contributed by atoms with van der Waals surface area (Å²) < 4.78 is 5.44. The third-order valence-electron chi connectivity index (χ3n) is 2.90. The summed E-state index contributed by atoms with van der Waals surface area (Å²) >= 11 is 0. The summed E-state index contributed by atoms with van der Waals surface area (Å²) in [6.07, 6.45) is 1.80. The molecule has 0 saturated heterocycles. The van der Waals surface area contributed by atoms with Crippen LogP contribution >= 0.6 is 0 Å². The van der Waals surface area contributed by atoms with Crippen LogP contribution in [0.4, 0.5) is 5.69 Å². The highest BCUT2D eigenvalue weighted by Crippen LogP contribution is 2.37. The first kappa shape index (κ1) is 12.7. The van der Waals surface area contributed by atoms with Crippen LogP contribution in [0, 0.1) is 0 Å². The van der Waals surface area contributed by atoms with Gasteiger partial charge < -0.3 is 10.1 Å². The maximum absolute atomic E-state index is 12.2. The van der Waals surface area contributed by atoms with Gasteiger partial charge in [0.25, 0.3) is 0 Å². The van der Waals surface area contributed by atoms with E-state index in [9.17, 15) is 4.79 Å². The second-order valence-corrected chi connectivity index (χ2v) is 5.50. The van der Waals surface area contributed by atoms with E-state index in [1.807, 2.05) is 45.0 Å². The lowest BCUT2D eigenvalue weighted by Crippen LogP contribution is -2.36. The molecule has 1 N–H and O–H groups in total. The van der Waals surface area contributed by atoms with Crippen LogP contribution in [0.3, 0.4) is 0 Å². The predicted molar refractivity (Wildman–Crippen MR) is 72.6 cm³/mol. The number of hydrogen-bond donors (Lipinski definition) is 1. The Morgan fingerprint density at radius 1 is 1.39 bits per heavy atom. The fourth-order valence-corrected chi connectivity index (χ4v) is 2.19. The molecule has 0 amide bonds. The molecule has 0 spiro atoms. The van der Waals surface area contributed by atoms with E-state index in [-0.39, 0.29) is 17.9 Å². The number of nitrogens with one attached hydrogen (secondary N) is 1. The second-order valence-electron chi connectivity index (χ2n) is 5.50. The van der Waals surface area contributed by atoms with Gasteiger partial charge in [-0.25, -0.2) is 4.79 Å². The van der Waals surface area contributed by atoms with E-state index in [1.165, 1.54) is 0 Å². The number of esters is 1. The third-order valence-corrected chi connectivity index (χ3v) is 2.90. The van der Waals surface area contributed by atoms with E-state index in [1.54, 1.807) is 6.08 Å². The van der Waals surface area contributed by atoms with Gasteiger partial charge in [0.2, 0.25) is 0 Å². The van der Waals surface area contributed by atoms with E-state index in [2.05, 4.69) is 11.9 Å². The Morgan fingerprint density at radius 2 is 2.06 bits per heavy atom. The largest absolute Gasteiger partial charge is 0.458 e. The summed E-state index contributed by atoms with van der Waals surface area (Å²) in [4.78, 5) is 12.2. The molecule has 0 aliphatic carbocycles. The zero-order valence-corrected chi connectivity index (χ0v) is 11.1. The number of anilines is 1. The number of carbonyl (C=O) groups is 1. The van der Waals surface area contributed by atoms with E-state index in [4.69, 9.17) is 4.74 Å². The Kier molecular flexibility index (Phi) is 3.16. The average molecular weight is 245 g/mol. The normalized spacial score (nSPS) is 21.9. The van der Waals surface area contributed by atoms with Gasteiger partial charge in [-0.15, -0.1) is 6.58 Å². The number of fused-ring (bicyclic) bond motifs is 1. The van der Waals surface area contributed by atoms with Crippen molar-refractivity contribution < 1.29 is 9.53 Å². The monoisotopic (exact) mass is 245 g/mol. The fourth-order valence-electron chi connectivity index (χ4n) is 2.19. The fraction of sp³-hybridized carbons (Fsp3) is 0.400. The minimum absolute atomic E-state index is 0.0314. The molecule has 0 radical (unpaired) electrons. The molecule has 0 aromatic heterocycles. The van der Waals surface area contributed by atoms with Crippen LogP contribution in [0.25, 0.3) is 0 Å². The van der Waals surface area contributed by atoms with E-state index in [0.717, 1.165) is 11.3 Å². The van der Waals surface area contributed by atoms with Crippen LogP contribution in [-0.4, -0.2) is 17.6 Å². The van der Waals surface area contributed by atoms with Gasteiger partial charge in [0, 0.05) is 11.6 Å². The number of ether oxygens (including phenoxy) is 1. The van der Waals surface area contributed by atoms with Gasteiger partial charge in [-0.2, -0.15) is 0 Å². The number of rotatable bonds is 2. The van der Waals surface area contributed by atoms with Gasteiger partial charge in [-0.3, -0.25) is 0 Å². The van der Waals surface area contributed by atoms with E-state index < -0.39 is 5.60 Å². The first-order chi connectivity index (χ1) is 8.42. The molecule has 1 aliphatic rings. The van der Waals surface area contributed by atoms with E-state index in [0.29, 0.717) is 0 Å². The SMILES string of the molecule is C=CC1c2ccccc2NC1C(=O)OC(C)(C)C. The molecule has 3 nitrogen and oxygen atoms in total. The second kappa shape index (κ2) is 4.48. The first-order valence-corrected chi connectivity index (χ1v) is 6.13. The van der Waals surface area contributed by atoms with Crippen molar-refractivity contribution in [2.75, 3.05) is 5.32 Å². The third kappa shape index (κ3) is 2.40.